The first-order valence-electron chi connectivity index (χ1n) is 7.43. The molecule has 0 atom stereocenters. The Bertz CT molecular complexity index is 940. The number of fused-ring (bicyclic) bond motifs is 1. The van der Waals surface area contributed by atoms with Crippen molar-refractivity contribution in [3.63, 3.8) is 0 Å². The molecule has 0 saturated heterocycles. The molecular formula is C20H15NO2. The highest BCUT2D eigenvalue weighted by molar-refractivity contribution is 6.01. The van der Waals surface area contributed by atoms with E-state index in [-0.39, 0.29) is 0 Å². The Morgan fingerprint density at radius 1 is 0.870 bits per heavy atom. The van der Waals surface area contributed by atoms with Crippen LogP contribution in [0.15, 0.2) is 77.5 Å². The van der Waals surface area contributed by atoms with Gasteiger partial charge in [-0.1, -0.05) is 24.3 Å². The number of nitrogens with zero attached hydrogens (tertiary/aromatic N) is 1. The van der Waals surface area contributed by atoms with Crippen LogP contribution in [0.3, 0.4) is 0 Å². The normalized spacial score (nSPS) is 10.8. The number of pyridine rings is 1. The van der Waals surface area contributed by atoms with Gasteiger partial charge >= 0.3 is 0 Å². The number of rotatable bonds is 3. The van der Waals surface area contributed by atoms with Gasteiger partial charge in [-0.2, -0.15) is 0 Å². The van der Waals surface area contributed by atoms with Crippen LogP contribution in [0.4, 0.5) is 0 Å². The molecule has 0 N–H and O–H groups in total. The Labute approximate surface area is 134 Å². The summed E-state index contributed by atoms with van der Waals surface area (Å²) in [4.78, 5) is 4.25. The standard InChI is InChI=1S/C20H15NO2/c1-22-16-10-8-14(9-11-16)20-19(15-5-4-12-21-13-15)17-6-2-3-7-18(17)23-20/h2-13H,1H3. The van der Waals surface area contributed by atoms with Gasteiger partial charge in [-0.3, -0.25) is 4.98 Å². The topological polar surface area (TPSA) is 35.3 Å². The molecule has 112 valence electrons. The third-order valence-electron chi connectivity index (χ3n) is 3.90. The van der Waals surface area contributed by atoms with Crippen molar-refractivity contribution in [1.82, 2.24) is 4.98 Å². The molecule has 0 aliphatic carbocycles. The van der Waals surface area contributed by atoms with E-state index in [1.165, 1.54) is 0 Å². The average Bonchev–Trinajstić information content (AvgIpc) is 3.02. The molecule has 2 heterocycles. The third-order valence-corrected chi connectivity index (χ3v) is 3.90. The van der Waals surface area contributed by atoms with Crippen LogP contribution >= 0.6 is 0 Å². The molecule has 2 aromatic carbocycles. The first kappa shape index (κ1) is 13.6. The number of hydrogen-bond donors (Lipinski definition) is 0. The van der Waals surface area contributed by atoms with Crippen molar-refractivity contribution in [2.75, 3.05) is 7.11 Å². The maximum atomic E-state index is 6.14. The molecule has 0 bridgehead atoms. The number of ether oxygens (including phenoxy) is 1. The molecule has 0 saturated carbocycles. The fraction of sp³-hybridized carbons (Fsp3) is 0.0500. The molecule has 23 heavy (non-hydrogen) atoms. The molecule has 3 heteroatoms. The summed E-state index contributed by atoms with van der Waals surface area (Å²) in [5, 5.41) is 1.09. The number of para-hydroxylation sites is 1. The Kier molecular flexibility index (Phi) is 3.31. The van der Waals surface area contributed by atoms with E-state index in [0.717, 1.165) is 39.2 Å². The number of hydrogen-bond acceptors (Lipinski definition) is 3. The van der Waals surface area contributed by atoms with Crippen LogP contribution in [0.5, 0.6) is 5.75 Å². The predicted octanol–water partition coefficient (Wildman–Crippen LogP) is 5.17. The fourth-order valence-electron chi connectivity index (χ4n) is 2.79. The molecule has 0 amide bonds. The molecule has 0 fully saturated rings. The van der Waals surface area contributed by atoms with Gasteiger partial charge in [0.2, 0.25) is 0 Å². The highest BCUT2D eigenvalue weighted by atomic mass is 16.5. The minimum absolute atomic E-state index is 0.827. The Morgan fingerprint density at radius 3 is 2.43 bits per heavy atom. The lowest BCUT2D eigenvalue weighted by Crippen LogP contribution is -1.84. The van der Waals surface area contributed by atoms with E-state index in [1.54, 1.807) is 13.3 Å². The van der Waals surface area contributed by atoms with Crippen LogP contribution in [0.1, 0.15) is 0 Å². The van der Waals surface area contributed by atoms with E-state index in [4.69, 9.17) is 9.15 Å². The van der Waals surface area contributed by atoms with Crippen LogP contribution in [0.2, 0.25) is 0 Å². The van der Waals surface area contributed by atoms with E-state index >= 15 is 0 Å². The maximum absolute atomic E-state index is 6.14. The Hall–Kier alpha value is -3.07. The minimum Gasteiger partial charge on any atom is -0.497 e. The zero-order valence-corrected chi connectivity index (χ0v) is 12.7. The molecule has 2 aromatic heterocycles. The van der Waals surface area contributed by atoms with Gasteiger partial charge in [-0.15, -0.1) is 0 Å². The molecule has 0 aliphatic heterocycles. The summed E-state index contributed by atoms with van der Waals surface area (Å²) in [7, 11) is 1.66. The highest BCUT2D eigenvalue weighted by Gasteiger charge is 2.17. The fourth-order valence-corrected chi connectivity index (χ4v) is 2.79. The second-order valence-electron chi connectivity index (χ2n) is 5.27. The molecule has 0 radical (unpaired) electrons. The number of methoxy groups -OCH3 is 1. The summed E-state index contributed by atoms with van der Waals surface area (Å²) in [5.41, 5.74) is 4.00. The smallest absolute Gasteiger partial charge is 0.143 e. The highest BCUT2D eigenvalue weighted by Crippen LogP contribution is 2.40. The summed E-state index contributed by atoms with van der Waals surface area (Å²) >= 11 is 0. The minimum atomic E-state index is 0.827. The summed E-state index contributed by atoms with van der Waals surface area (Å²) in [6.07, 6.45) is 3.64. The third kappa shape index (κ3) is 2.36. The number of furan rings is 1. The van der Waals surface area contributed by atoms with Crippen molar-refractivity contribution in [3.05, 3.63) is 73.1 Å². The van der Waals surface area contributed by atoms with Crippen LogP contribution in [0.25, 0.3) is 33.4 Å². The van der Waals surface area contributed by atoms with Crippen molar-refractivity contribution >= 4 is 11.0 Å². The van der Waals surface area contributed by atoms with Crippen molar-refractivity contribution in [1.29, 1.82) is 0 Å². The zero-order chi connectivity index (χ0) is 15.6. The van der Waals surface area contributed by atoms with Gasteiger partial charge in [0, 0.05) is 34.5 Å². The molecule has 4 rings (SSSR count). The summed E-state index contributed by atoms with van der Waals surface area (Å²) in [6, 6.07) is 20.0. The van der Waals surface area contributed by atoms with E-state index in [9.17, 15) is 0 Å². The average molecular weight is 301 g/mol. The lowest BCUT2D eigenvalue weighted by molar-refractivity contribution is 0.415. The van der Waals surface area contributed by atoms with Crippen molar-refractivity contribution in [2.24, 2.45) is 0 Å². The molecule has 4 aromatic rings. The molecule has 0 spiro atoms. The predicted molar refractivity (Wildman–Crippen MR) is 91.4 cm³/mol. The first-order chi connectivity index (χ1) is 11.4. The quantitative estimate of drug-likeness (QED) is 0.523. The lowest BCUT2D eigenvalue weighted by Gasteiger charge is -2.05. The van der Waals surface area contributed by atoms with E-state index < -0.39 is 0 Å². The Morgan fingerprint density at radius 2 is 1.70 bits per heavy atom. The van der Waals surface area contributed by atoms with Gasteiger partial charge in [-0.05, 0) is 36.4 Å². The summed E-state index contributed by atoms with van der Waals surface area (Å²) in [6.45, 7) is 0. The molecule has 3 nitrogen and oxygen atoms in total. The van der Waals surface area contributed by atoms with Gasteiger partial charge in [0.15, 0.2) is 0 Å². The van der Waals surface area contributed by atoms with Gasteiger partial charge < -0.3 is 9.15 Å². The van der Waals surface area contributed by atoms with Gasteiger partial charge in [0.1, 0.15) is 17.1 Å². The first-order valence-corrected chi connectivity index (χ1v) is 7.43. The number of aromatic nitrogens is 1. The van der Waals surface area contributed by atoms with Gasteiger partial charge in [0.05, 0.1) is 7.11 Å². The molecule has 0 unspecified atom stereocenters. The van der Waals surface area contributed by atoms with E-state index in [0.29, 0.717) is 0 Å². The van der Waals surface area contributed by atoms with Gasteiger partial charge in [0.25, 0.3) is 0 Å². The van der Waals surface area contributed by atoms with E-state index in [2.05, 4.69) is 17.1 Å². The van der Waals surface area contributed by atoms with Crippen LogP contribution in [0, 0.1) is 0 Å². The van der Waals surface area contributed by atoms with Crippen LogP contribution in [-0.4, -0.2) is 12.1 Å². The SMILES string of the molecule is COc1ccc(-c2oc3ccccc3c2-c2cccnc2)cc1. The van der Waals surface area contributed by atoms with Crippen LogP contribution in [-0.2, 0) is 0 Å². The van der Waals surface area contributed by atoms with Gasteiger partial charge in [-0.25, -0.2) is 0 Å². The van der Waals surface area contributed by atoms with Crippen molar-refractivity contribution in [2.45, 2.75) is 0 Å². The zero-order valence-electron chi connectivity index (χ0n) is 12.7. The maximum Gasteiger partial charge on any atom is 0.143 e. The van der Waals surface area contributed by atoms with Crippen molar-refractivity contribution in [3.8, 4) is 28.2 Å². The van der Waals surface area contributed by atoms with Crippen molar-refractivity contribution < 1.29 is 9.15 Å². The summed E-state index contributed by atoms with van der Waals surface area (Å²) in [5.74, 6) is 1.68. The number of benzene rings is 2. The Balaban J connectivity index is 1.98. The monoisotopic (exact) mass is 301 g/mol. The second-order valence-corrected chi connectivity index (χ2v) is 5.27. The van der Waals surface area contributed by atoms with E-state index in [1.807, 2.05) is 54.7 Å². The second kappa shape index (κ2) is 5.61. The lowest BCUT2D eigenvalue weighted by atomic mass is 10.00. The molecule has 0 aliphatic rings. The summed E-state index contributed by atoms with van der Waals surface area (Å²) < 4.78 is 11.4. The molecular weight excluding hydrogens is 286 g/mol. The van der Waals surface area contributed by atoms with Crippen LogP contribution < -0.4 is 4.74 Å². The largest absolute Gasteiger partial charge is 0.497 e.